The number of hydrogen-bond donors (Lipinski definition) is 2. The van der Waals surface area contributed by atoms with Gasteiger partial charge in [0, 0.05) is 47.0 Å². The largest absolute Gasteiger partial charge is 0.416 e. The van der Waals surface area contributed by atoms with E-state index in [1.165, 1.54) is 12.1 Å². The summed E-state index contributed by atoms with van der Waals surface area (Å²) in [5.74, 6) is -0.336. The smallest absolute Gasteiger partial charge is 0.346 e. The van der Waals surface area contributed by atoms with Crippen molar-refractivity contribution in [3.05, 3.63) is 78.4 Å². The number of hydrogen-bond acceptors (Lipinski definition) is 3. The number of fused-ring (bicyclic) bond motifs is 1. The Balaban J connectivity index is 1.52. The van der Waals surface area contributed by atoms with E-state index in [4.69, 9.17) is 0 Å². The average Bonchev–Trinajstić information content (AvgIpc) is 3.10. The molecule has 1 aromatic carbocycles. The molecule has 0 bridgehead atoms. The fourth-order valence-corrected chi connectivity index (χ4v) is 3.02. The number of carbonyl (C=O) groups excluding carboxylic acids is 1. The van der Waals surface area contributed by atoms with Crippen molar-refractivity contribution in [3.8, 4) is 11.1 Å². The molecule has 4 rings (SSSR count). The SMILES string of the molecule is O=C(Cc1c[nH]c2ncc(-c3cccnc3)cc12)Nc1ccc(C(F)(F)F)cc1. The topological polar surface area (TPSA) is 70.7 Å². The van der Waals surface area contributed by atoms with Crippen molar-refractivity contribution >= 4 is 22.6 Å². The third-order valence-corrected chi connectivity index (χ3v) is 4.46. The number of anilines is 1. The van der Waals surface area contributed by atoms with Gasteiger partial charge in [-0.15, -0.1) is 0 Å². The van der Waals surface area contributed by atoms with Crippen LogP contribution in [0, 0.1) is 0 Å². The van der Waals surface area contributed by atoms with Gasteiger partial charge in [-0.25, -0.2) is 4.98 Å². The van der Waals surface area contributed by atoms with Crippen molar-refractivity contribution in [2.75, 3.05) is 5.32 Å². The van der Waals surface area contributed by atoms with Gasteiger partial charge in [-0.1, -0.05) is 6.07 Å². The molecule has 4 aromatic rings. The number of amides is 1. The number of carbonyl (C=O) groups is 1. The van der Waals surface area contributed by atoms with Crippen molar-refractivity contribution in [3.63, 3.8) is 0 Å². The van der Waals surface area contributed by atoms with Crippen LogP contribution in [-0.2, 0) is 17.4 Å². The Morgan fingerprint density at radius 1 is 1.07 bits per heavy atom. The molecule has 0 fully saturated rings. The Labute approximate surface area is 163 Å². The van der Waals surface area contributed by atoms with Gasteiger partial charge in [-0.3, -0.25) is 9.78 Å². The number of H-pyrrole nitrogens is 1. The summed E-state index contributed by atoms with van der Waals surface area (Å²) < 4.78 is 37.9. The zero-order valence-electron chi connectivity index (χ0n) is 15.0. The molecule has 0 atom stereocenters. The van der Waals surface area contributed by atoms with Crippen molar-refractivity contribution in [1.82, 2.24) is 15.0 Å². The van der Waals surface area contributed by atoms with Crippen LogP contribution in [0.3, 0.4) is 0 Å². The first-order valence-corrected chi connectivity index (χ1v) is 8.74. The molecule has 0 radical (unpaired) electrons. The maximum atomic E-state index is 12.6. The highest BCUT2D eigenvalue weighted by atomic mass is 19.4. The van der Waals surface area contributed by atoms with Crippen molar-refractivity contribution in [1.29, 1.82) is 0 Å². The Bertz CT molecular complexity index is 1150. The van der Waals surface area contributed by atoms with E-state index in [1.54, 1.807) is 24.8 Å². The summed E-state index contributed by atoms with van der Waals surface area (Å²) in [5.41, 5.74) is 2.70. The third kappa shape index (κ3) is 4.11. The molecule has 29 heavy (non-hydrogen) atoms. The zero-order chi connectivity index (χ0) is 20.4. The highest BCUT2D eigenvalue weighted by Crippen LogP contribution is 2.30. The minimum absolute atomic E-state index is 0.0548. The monoisotopic (exact) mass is 396 g/mol. The lowest BCUT2D eigenvalue weighted by molar-refractivity contribution is -0.137. The van der Waals surface area contributed by atoms with E-state index in [-0.39, 0.29) is 12.3 Å². The van der Waals surface area contributed by atoms with Crippen LogP contribution in [0.5, 0.6) is 0 Å². The highest BCUT2D eigenvalue weighted by Gasteiger charge is 2.30. The van der Waals surface area contributed by atoms with Crippen LogP contribution < -0.4 is 5.32 Å². The molecule has 0 saturated carbocycles. The van der Waals surface area contributed by atoms with Crippen LogP contribution in [0.15, 0.2) is 67.3 Å². The summed E-state index contributed by atoms with van der Waals surface area (Å²) in [5, 5.41) is 3.42. The molecule has 0 saturated heterocycles. The Morgan fingerprint density at radius 3 is 2.55 bits per heavy atom. The number of alkyl halides is 3. The molecule has 0 aliphatic heterocycles. The number of benzene rings is 1. The molecule has 8 heteroatoms. The van der Waals surface area contributed by atoms with Crippen molar-refractivity contribution in [2.45, 2.75) is 12.6 Å². The molecule has 5 nitrogen and oxygen atoms in total. The van der Waals surface area contributed by atoms with Gasteiger partial charge < -0.3 is 10.3 Å². The summed E-state index contributed by atoms with van der Waals surface area (Å²) in [6.07, 6.45) is 2.49. The van der Waals surface area contributed by atoms with E-state index in [9.17, 15) is 18.0 Å². The standard InChI is InChI=1S/C21H15F3N4O/c22-21(23,24)16-3-5-17(6-4-16)28-19(29)9-15-12-27-20-18(15)8-14(11-26-20)13-2-1-7-25-10-13/h1-8,10-12H,9H2,(H,26,27)(H,28,29). The van der Waals surface area contributed by atoms with Crippen LogP contribution in [0.2, 0.25) is 0 Å². The number of rotatable bonds is 4. The number of nitrogens with zero attached hydrogens (tertiary/aromatic N) is 2. The van der Waals surface area contributed by atoms with E-state index in [0.717, 1.165) is 34.2 Å². The molecule has 0 unspecified atom stereocenters. The van der Waals surface area contributed by atoms with Crippen molar-refractivity contribution in [2.24, 2.45) is 0 Å². The van der Waals surface area contributed by atoms with Gasteiger partial charge in [0.15, 0.2) is 0 Å². The lowest BCUT2D eigenvalue weighted by Crippen LogP contribution is -2.14. The molecule has 3 aromatic heterocycles. The molecule has 146 valence electrons. The fourth-order valence-electron chi connectivity index (χ4n) is 3.02. The van der Waals surface area contributed by atoms with Gasteiger partial charge in [-0.2, -0.15) is 13.2 Å². The zero-order valence-corrected chi connectivity index (χ0v) is 15.0. The number of halogens is 3. The van der Waals surface area contributed by atoms with Crippen LogP contribution in [0.25, 0.3) is 22.2 Å². The Morgan fingerprint density at radius 2 is 1.86 bits per heavy atom. The van der Waals surface area contributed by atoms with E-state index in [1.807, 2.05) is 18.2 Å². The molecule has 3 heterocycles. The lowest BCUT2D eigenvalue weighted by atomic mass is 10.1. The normalized spacial score (nSPS) is 11.6. The van der Waals surface area contributed by atoms with E-state index < -0.39 is 11.7 Å². The van der Waals surface area contributed by atoms with E-state index >= 15 is 0 Å². The number of pyridine rings is 2. The number of aromatic nitrogens is 3. The third-order valence-electron chi connectivity index (χ3n) is 4.46. The van der Waals surface area contributed by atoms with Gasteiger partial charge in [0.2, 0.25) is 5.91 Å². The summed E-state index contributed by atoms with van der Waals surface area (Å²) >= 11 is 0. The average molecular weight is 396 g/mol. The predicted molar refractivity (Wildman–Crippen MR) is 103 cm³/mol. The number of nitrogens with one attached hydrogen (secondary N) is 2. The van der Waals surface area contributed by atoms with Crippen LogP contribution in [0.1, 0.15) is 11.1 Å². The van der Waals surface area contributed by atoms with Crippen LogP contribution in [-0.4, -0.2) is 20.9 Å². The summed E-state index contributed by atoms with van der Waals surface area (Å²) in [6.45, 7) is 0. The quantitative estimate of drug-likeness (QED) is 0.519. The van der Waals surface area contributed by atoms with Gasteiger partial charge in [0.1, 0.15) is 5.65 Å². The van der Waals surface area contributed by atoms with Crippen LogP contribution in [0.4, 0.5) is 18.9 Å². The minimum Gasteiger partial charge on any atom is -0.346 e. The second-order valence-electron chi connectivity index (χ2n) is 6.48. The first-order valence-electron chi connectivity index (χ1n) is 8.74. The first-order chi connectivity index (χ1) is 13.9. The first kappa shape index (κ1) is 18.7. The molecule has 0 spiro atoms. The van der Waals surface area contributed by atoms with E-state index in [2.05, 4.69) is 20.3 Å². The van der Waals surface area contributed by atoms with Crippen molar-refractivity contribution < 1.29 is 18.0 Å². The lowest BCUT2D eigenvalue weighted by Gasteiger charge is -2.09. The minimum atomic E-state index is -4.41. The number of aromatic amines is 1. The summed E-state index contributed by atoms with van der Waals surface area (Å²) in [4.78, 5) is 23.9. The molecule has 2 N–H and O–H groups in total. The molecular weight excluding hydrogens is 381 g/mol. The summed E-state index contributed by atoms with van der Waals surface area (Å²) in [6, 6.07) is 10.0. The maximum Gasteiger partial charge on any atom is 0.416 e. The van der Waals surface area contributed by atoms with Gasteiger partial charge >= 0.3 is 6.18 Å². The second-order valence-corrected chi connectivity index (χ2v) is 6.48. The van der Waals surface area contributed by atoms with Crippen LogP contribution >= 0.6 is 0 Å². The van der Waals surface area contributed by atoms with Gasteiger partial charge in [0.25, 0.3) is 0 Å². The maximum absolute atomic E-state index is 12.6. The van der Waals surface area contributed by atoms with Gasteiger partial charge in [-0.05, 0) is 42.0 Å². The van der Waals surface area contributed by atoms with Gasteiger partial charge in [0.05, 0.1) is 12.0 Å². The summed E-state index contributed by atoms with van der Waals surface area (Å²) in [7, 11) is 0. The van der Waals surface area contributed by atoms with E-state index in [0.29, 0.717) is 11.3 Å². The Hall–Kier alpha value is -3.68. The Kier molecular flexibility index (Phi) is 4.75. The molecule has 1 amide bonds. The predicted octanol–water partition coefficient (Wildman–Crippen LogP) is 4.82. The fraction of sp³-hybridized carbons (Fsp3) is 0.0952. The highest BCUT2D eigenvalue weighted by molar-refractivity contribution is 5.95. The molecule has 0 aliphatic carbocycles. The molecular formula is C21H15F3N4O. The second kappa shape index (κ2) is 7.38. The molecule has 0 aliphatic rings.